The van der Waals surface area contributed by atoms with Gasteiger partial charge in [-0.2, -0.15) is 0 Å². The zero-order valence-electron chi connectivity index (χ0n) is 17.9. The van der Waals surface area contributed by atoms with Crippen LogP contribution in [0.3, 0.4) is 0 Å². The lowest BCUT2D eigenvalue weighted by Gasteiger charge is -2.31. The molecule has 0 spiro atoms. The molecule has 0 aliphatic heterocycles. The van der Waals surface area contributed by atoms with Crippen LogP contribution in [0.4, 0.5) is 4.79 Å². The third kappa shape index (κ3) is 9.44. The smallest absolute Gasteiger partial charge is 0.408 e. The lowest BCUT2D eigenvalue weighted by molar-refractivity contribution is -0.121. The Morgan fingerprint density at radius 1 is 1.15 bits per heavy atom. The van der Waals surface area contributed by atoms with Crippen molar-refractivity contribution in [2.45, 2.75) is 74.5 Å². The van der Waals surface area contributed by atoms with Gasteiger partial charge in [-0.05, 0) is 36.5 Å². The van der Waals surface area contributed by atoms with Crippen LogP contribution >= 0.6 is 0 Å². The van der Waals surface area contributed by atoms with E-state index in [1.807, 2.05) is 66.7 Å². The fourth-order valence-corrected chi connectivity index (χ4v) is 2.12. The minimum absolute atomic E-state index is 0.0785. The fraction of sp³-hybridized carbons (Fsp3) is 0.619. The van der Waals surface area contributed by atoms with E-state index in [1.54, 1.807) is 13.2 Å². The summed E-state index contributed by atoms with van der Waals surface area (Å²) in [5, 5.41) is 2.66. The summed E-state index contributed by atoms with van der Waals surface area (Å²) in [6, 6.07) is 6.72. The number of methoxy groups -OCH3 is 1. The van der Waals surface area contributed by atoms with E-state index in [-0.39, 0.29) is 17.8 Å². The maximum Gasteiger partial charge on any atom is 0.408 e. The van der Waals surface area contributed by atoms with Crippen LogP contribution in [0.5, 0.6) is 5.75 Å². The maximum atomic E-state index is 11.9. The number of rotatable bonds is 7. The predicted molar refractivity (Wildman–Crippen MR) is 108 cm³/mol. The highest BCUT2D eigenvalue weighted by Crippen LogP contribution is 2.25. The number of nitrogens with one attached hydrogen (secondary N) is 1. The number of ketones is 1. The molecule has 0 saturated carbocycles. The minimum atomic E-state index is -0.593. The highest BCUT2D eigenvalue weighted by molar-refractivity contribution is 5.86. The summed E-state index contributed by atoms with van der Waals surface area (Å²) in [6.45, 7) is 15.5. The minimum Gasteiger partial charge on any atom is -0.497 e. The van der Waals surface area contributed by atoms with Crippen molar-refractivity contribution in [3.8, 4) is 5.75 Å². The summed E-state index contributed by atoms with van der Waals surface area (Å²) in [5.41, 5.74) is 0.504. The number of hydrogen-bond donors (Lipinski definition) is 1. The van der Waals surface area contributed by atoms with Gasteiger partial charge in [-0.15, -0.1) is 0 Å². The number of hydrogen-bond acceptors (Lipinski definition) is 4. The number of carbonyl (C=O) groups is 2. The molecule has 1 rings (SSSR count). The molecule has 1 unspecified atom stereocenters. The molecule has 0 saturated heterocycles. The molecule has 0 aliphatic carbocycles. The third-order valence-electron chi connectivity index (χ3n) is 3.87. The number of carbonyl (C=O) groups excluding carboxylic acids is 2. The molecule has 0 bridgehead atoms. The quantitative estimate of drug-likeness (QED) is 0.704. The van der Waals surface area contributed by atoms with Crippen LogP contribution in [0, 0.1) is 5.41 Å². The molecule has 0 radical (unpaired) electrons. The molecule has 150 valence electrons. The first-order chi connectivity index (χ1) is 12.3. The molecule has 0 fully saturated rings. The molecule has 1 aromatic carbocycles. The fourth-order valence-electron chi connectivity index (χ4n) is 2.12. The van der Waals surface area contributed by atoms with Gasteiger partial charge in [0.2, 0.25) is 0 Å². The lowest BCUT2D eigenvalue weighted by Crippen LogP contribution is -2.49. The van der Waals surface area contributed by atoms with E-state index >= 15 is 0 Å². The number of ether oxygens (including phenoxy) is 2. The number of alkyl carbamates (subject to hydrolysis) is 1. The van der Waals surface area contributed by atoms with E-state index < -0.39 is 12.1 Å². The first-order valence-corrected chi connectivity index (χ1v) is 9.37. The molecular formula is C21H37NO4. The highest BCUT2D eigenvalue weighted by Gasteiger charge is 2.33. The lowest BCUT2D eigenvalue weighted by atomic mass is 9.80. The van der Waals surface area contributed by atoms with Gasteiger partial charge in [-0.25, -0.2) is 4.79 Å². The average molecular weight is 368 g/mol. The van der Waals surface area contributed by atoms with Gasteiger partial charge in [0.25, 0.3) is 0 Å². The van der Waals surface area contributed by atoms with Crippen LogP contribution in [0.15, 0.2) is 24.3 Å². The van der Waals surface area contributed by atoms with E-state index in [0.29, 0.717) is 5.75 Å². The second kappa shape index (κ2) is 14.2. The number of Topliss-reactive ketones (excluding diaryl/α,β-unsaturated/α-hetero) is 1. The topological polar surface area (TPSA) is 64.6 Å². The third-order valence-corrected chi connectivity index (χ3v) is 3.87. The zero-order valence-corrected chi connectivity index (χ0v) is 17.9. The SMILES string of the molecule is CC.CC.CCC(C)(C)C(NC(=O)OCc1cccc(OC)c1)C(C)=O. The summed E-state index contributed by atoms with van der Waals surface area (Å²) >= 11 is 0. The molecule has 0 aliphatic rings. The summed E-state index contributed by atoms with van der Waals surface area (Å²) in [7, 11) is 1.58. The molecule has 5 nitrogen and oxygen atoms in total. The van der Waals surface area contributed by atoms with Crippen LogP contribution in [-0.4, -0.2) is 25.0 Å². The van der Waals surface area contributed by atoms with Crippen molar-refractivity contribution in [2.75, 3.05) is 7.11 Å². The maximum absolute atomic E-state index is 11.9. The molecule has 1 atom stereocenters. The summed E-state index contributed by atoms with van der Waals surface area (Å²) in [5.74, 6) is 0.625. The van der Waals surface area contributed by atoms with Gasteiger partial charge in [0.05, 0.1) is 13.2 Å². The van der Waals surface area contributed by atoms with Crippen molar-refractivity contribution in [1.29, 1.82) is 0 Å². The standard InChI is InChI=1S/C17H25NO4.2C2H6/c1-6-17(3,4)15(12(2)19)18-16(20)22-11-13-8-7-9-14(10-13)21-5;2*1-2/h7-10,15H,6,11H2,1-5H3,(H,18,20);2*1-2H3. The Labute approximate surface area is 159 Å². The Morgan fingerprint density at radius 3 is 2.19 bits per heavy atom. The Bertz CT molecular complexity index is 526. The van der Waals surface area contributed by atoms with E-state index in [0.717, 1.165) is 12.0 Å². The van der Waals surface area contributed by atoms with Crippen molar-refractivity contribution in [2.24, 2.45) is 5.41 Å². The monoisotopic (exact) mass is 367 g/mol. The molecule has 0 heterocycles. The predicted octanol–water partition coefficient (Wildman–Crippen LogP) is 5.37. The van der Waals surface area contributed by atoms with Gasteiger partial charge in [-0.1, -0.05) is 60.6 Å². The van der Waals surface area contributed by atoms with Crippen molar-refractivity contribution in [1.82, 2.24) is 5.32 Å². The summed E-state index contributed by atoms with van der Waals surface area (Å²) < 4.78 is 10.3. The molecule has 1 N–H and O–H groups in total. The molecule has 1 aromatic rings. The number of benzene rings is 1. The summed E-state index contributed by atoms with van der Waals surface area (Å²) in [4.78, 5) is 23.7. The van der Waals surface area contributed by atoms with Crippen molar-refractivity contribution in [3.05, 3.63) is 29.8 Å². The largest absolute Gasteiger partial charge is 0.497 e. The van der Waals surface area contributed by atoms with E-state index in [1.165, 1.54) is 6.92 Å². The Kier molecular flexibility index (Phi) is 14.3. The first kappa shape index (κ1) is 26.2. The Morgan fingerprint density at radius 2 is 1.73 bits per heavy atom. The Hall–Kier alpha value is -2.04. The van der Waals surface area contributed by atoms with Gasteiger partial charge < -0.3 is 14.8 Å². The highest BCUT2D eigenvalue weighted by atomic mass is 16.5. The van der Waals surface area contributed by atoms with Gasteiger partial charge in [-0.3, -0.25) is 4.79 Å². The number of amides is 1. The average Bonchev–Trinajstić information content (AvgIpc) is 2.67. The zero-order chi connectivity index (χ0) is 20.8. The van der Waals surface area contributed by atoms with Crippen LogP contribution in [0.1, 0.15) is 67.4 Å². The normalized spacial score (nSPS) is 11.0. The molecule has 1 amide bonds. The van der Waals surface area contributed by atoms with Gasteiger partial charge in [0.15, 0.2) is 5.78 Å². The molecular weight excluding hydrogens is 330 g/mol. The van der Waals surface area contributed by atoms with Gasteiger partial charge in [0, 0.05) is 0 Å². The van der Waals surface area contributed by atoms with Gasteiger partial charge in [0.1, 0.15) is 12.4 Å². The van der Waals surface area contributed by atoms with Crippen LogP contribution in [0.25, 0.3) is 0 Å². The van der Waals surface area contributed by atoms with Crippen molar-refractivity contribution >= 4 is 11.9 Å². The van der Waals surface area contributed by atoms with E-state index in [2.05, 4.69) is 5.32 Å². The van der Waals surface area contributed by atoms with Crippen LogP contribution in [-0.2, 0) is 16.1 Å². The van der Waals surface area contributed by atoms with Crippen molar-refractivity contribution < 1.29 is 19.1 Å². The van der Waals surface area contributed by atoms with E-state index in [9.17, 15) is 9.59 Å². The van der Waals surface area contributed by atoms with Crippen LogP contribution < -0.4 is 10.1 Å². The molecule has 26 heavy (non-hydrogen) atoms. The summed E-state index contributed by atoms with van der Waals surface area (Å²) in [6.07, 6.45) is 0.178. The first-order valence-electron chi connectivity index (χ1n) is 9.37. The Balaban J connectivity index is 0. The molecule has 5 heteroatoms. The van der Waals surface area contributed by atoms with Gasteiger partial charge >= 0.3 is 6.09 Å². The second-order valence-electron chi connectivity index (χ2n) is 5.96. The molecule has 0 aromatic heterocycles. The van der Waals surface area contributed by atoms with E-state index in [4.69, 9.17) is 9.47 Å². The second-order valence-corrected chi connectivity index (χ2v) is 5.96. The van der Waals surface area contributed by atoms with Crippen molar-refractivity contribution in [3.63, 3.8) is 0 Å². The van der Waals surface area contributed by atoms with Crippen LogP contribution in [0.2, 0.25) is 0 Å².